The maximum atomic E-state index is 12.8. The van der Waals surface area contributed by atoms with Crippen LogP contribution < -0.4 is 10.1 Å². The zero-order valence-electron chi connectivity index (χ0n) is 15.2. The molecule has 7 nitrogen and oxygen atoms in total. The molecule has 1 aliphatic heterocycles. The Morgan fingerprint density at radius 2 is 2.08 bits per heavy atom. The number of aromatic nitrogens is 2. The number of benzene rings is 1. The lowest BCUT2D eigenvalue weighted by Gasteiger charge is -2.27. The Bertz CT molecular complexity index is 783. The van der Waals surface area contributed by atoms with Crippen LogP contribution in [0.4, 0.5) is 0 Å². The van der Waals surface area contributed by atoms with E-state index in [0.717, 1.165) is 24.1 Å². The van der Waals surface area contributed by atoms with Gasteiger partial charge in [-0.05, 0) is 30.7 Å². The van der Waals surface area contributed by atoms with Gasteiger partial charge in [0.05, 0.1) is 13.7 Å². The molecule has 7 heteroatoms. The molecule has 1 aromatic carbocycles. The highest BCUT2D eigenvalue weighted by Crippen LogP contribution is 2.22. The summed E-state index contributed by atoms with van der Waals surface area (Å²) in [6.07, 6.45) is 2.61. The first-order chi connectivity index (χ1) is 12.6. The highest BCUT2D eigenvalue weighted by Gasteiger charge is 2.28. The van der Waals surface area contributed by atoms with Gasteiger partial charge in [0, 0.05) is 36.3 Å². The number of carbonyl (C=O) groups is 2. The summed E-state index contributed by atoms with van der Waals surface area (Å²) in [5.74, 6) is 0.467. The number of fused-ring (bicyclic) bond motifs is 1. The second-order valence-electron chi connectivity index (χ2n) is 6.34. The number of rotatable bonds is 6. The van der Waals surface area contributed by atoms with Gasteiger partial charge in [-0.3, -0.25) is 14.7 Å². The van der Waals surface area contributed by atoms with Crippen LogP contribution in [0.3, 0.4) is 0 Å². The van der Waals surface area contributed by atoms with Crippen molar-refractivity contribution in [3.63, 3.8) is 0 Å². The fourth-order valence-electron chi connectivity index (χ4n) is 3.03. The number of hydrogen-bond acceptors (Lipinski definition) is 4. The molecule has 0 radical (unpaired) electrons. The minimum Gasteiger partial charge on any atom is -0.497 e. The van der Waals surface area contributed by atoms with Gasteiger partial charge in [-0.2, -0.15) is 5.10 Å². The highest BCUT2D eigenvalue weighted by molar-refractivity contribution is 5.96. The number of nitrogens with one attached hydrogen (secondary N) is 2. The third-order valence-corrected chi connectivity index (χ3v) is 4.59. The Labute approximate surface area is 152 Å². The molecule has 0 saturated heterocycles. The van der Waals surface area contributed by atoms with E-state index in [-0.39, 0.29) is 11.8 Å². The molecule has 2 amide bonds. The number of methoxy groups -OCH3 is 1. The van der Waals surface area contributed by atoms with E-state index >= 15 is 0 Å². The average molecular weight is 356 g/mol. The van der Waals surface area contributed by atoms with Crippen molar-refractivity contribution >= 4 is 11.8 Å². The first-order valence-electron chi connectivity index (χ1n) is 8.91. The van der Waals surface area contributed by atoms with Crippen molar-refractivity contribution in [3.05, 3.63) is 46.8 Å². The fraction of sp³-hybridized carbons (Fsp3) is 0.421. The van der Waals surface area contributed by atoms with E-state index in [1.165, 1.54) is 0 Å². The minimum absolute atomic E-state index is 0.0585. The van der Waals surface area contributed by atoms with Gasteiger partial charge in [0.2, 0.25) is 0 Å². The number of aromatic amines is 1. The lowest BCUT2D eigenvalue weighted by molar-refractivity contribution is 0.0731. The maximum absolute atomic E-state index is 12.8. The standard InChI is InChI=1S/C19H24N4O3/c1-3-4-10-20-18(24)17-15-12-23(11-9-16(15)21-22-17)19(25)13-5-7-14(26-2)8-6-13/h5-8H,3-4,9-12H2,1-2H3,(H,20,24)(H,21,22). The molecule has 2 N–H and O–H groups in total. The monoisotopic (exact) mass is 356 g/mol. The molecule has 0 unspecified atom stereocenters. The average Bonchev–Trinajstić information content (AvgIpc) is 3.11. The topological polar surface area (TPSA) is 87.3 Å². The van der Waals surface area contributed by atoms with Crippen molar-refractivity contribution < 1.29 is 14.3 Å². The largest absolute Gasteiger partial charge is 0.497 e. The van der Waals surface area contributed by atoms with Crippen LogP contribution in [0.15, 0.2) is 24.3 Å². The van der Waals surface area contributed by atoms with Crippen LogP contribution >= 0.6 is 0 Å². The first kappa shape index (κ1) is 18.0. The second-order valence-corrected chi connectivity index (χ2v) is 6.34. The third kappa shape index (κ3) is 3.71. The molecule has 2 aromatic rings. The number of nitrogens with zero attached hydrogens (tertiary/aromatic N) is 2. The number of hydrogen-bond donors (Lipinski definition) is 2. The Morgan fingerprint density at radius 3 is 2.77 bits per heavy atom. The molecule has 138 valence electrons. The van der Waals surface area contributed by atoms with Gasteiger partial charge in [-0.15, -0.1) is 0 Å². The Kier molecular flexibility index (Phi) is 5.55. The predicted molar refractivity (Wildman–Crippen MR) is 97.3 cm³/mol. The van der Waals surface area contributed by atoms with Crippen molar-refractivity contribution in [1.29, 1.82) is 0 Å². The lowest BCUT2D eigenvalue weighted by atomic mass is 10.0. The molecule has 3 rings (SSSR count). The molecule has 0 spiro atoms. The molecule has 0 aliphatic carbocycles. The van der Waals surface area contributed by atoms with Crippen LogP contribution in [0.25, 0.3) is 0 Å². The van der Waals surface area contributed by atoms with Crippen LogP contribution in [-0.2, 0) is 13.0 Å². The SMILES string of the molecule is CCCCNC(=O)c1n[nH]c2c1CN(C(=O)c1ccc(OC)cc1)CC2. The number of unbranched alkanes of at least 4 members (excludes halogenated alkanes) is 1. The maximum Gasteiger partial charge on any atom is 0.272 e. The summed E-state index contributed by atoms with van der Waals surface area (Å²) in [5, 5.41) is 10.0. The normalized spacial score (nSPS) is 13.2. The first-order valence-corrected chi connectivity index (χ1v) is 8.91. The molecule has 2 heterocycles. The Hall–Kier alpha value is -2.83. The number of H-pyrrole nitrogens is 1. The summed E-state index contributed by atoms with van der Waals surface area (Å²) in [7, 11) is 1.59. The van der Waals surface area contributed by atoms with E-state index in [1.807, 2.05) is 0 Å². The van der Waals surface area contributed by atoms with Gasteiger partial charge in [0.15, 0.2) is 5.69 Å². The summed E-state index contributed by atoms with van der Waals surface area (Å²) in [6.45, 7) is 3.68. The van der Waals surface area contributed by atoms with Crippen LogP contribution in [0, 0.1) is 0 Å². The smallest absolute Gasteiger partial charge is 0.272 e. The van der Waals surface area contributed by atoms with Crippen molar-refractivity contribution in [2.45, 2.75) is 32.7 Å². The zero-order valence-corrected chi connectivity index (χ0v) is 15.2. The van der Waals surface area contributed by atoms with E-state index < -0.39 is 0 Å². The van der Waals surface area contributed by atoms with Gasteiger partial charge < -0.3 is 15.0 Å². The molecule has 0 fully saturated rings. The number of amides is 2. The molecule has 1 aliphatic rings. The third-order valence-electron chi connectivity index (χ3n) is 4.59. The van der Waals surface area contributed by atoms with Crippen molar-refractivity contribution in [2.24, 2.45) is 0 Å². The number of ether oxygens (including phenoxy) is 1. The summed E-state index contributed by atoms with van der Waals surface area (Å²) in [6, 6.07) is 7.05. The summed E-state index contributed by atoms with van der Waals surface area (Å²) in [4.78, 5) is 26.9. The molecule has 26 heavy (non-hydrogen) atoms. The summed E-state index contributed by atoms with van der Waals surface area (Å²) >= 11 is 0. The van der Waals surface area contributed by atoms with E-state index in [2.05, 4.69) is 22.4 Å². The lowest BCUT2D eigenvalue weighted by Crippen LogP contribution is -2.37. The quantitative estimate of drug-likeness (QED) is 0.777. The van der Waals surface area contributed by atoms with Gasteiger partial charge in [-0.25, -0.2) is 0 Å². The van der Waals surface area contributed by atoms with Gasteiger partial charge in [0.25, 0.3) is 11.8 Å². The number of carbonyl (C=O) groups excluding carboxylic acids is 2. The van der Waals surface area contributed by atoms with Crippen LogP contribution in [0.2, 0.25) is 0 Å². The van der Waals surface area contributed by atoms with Gasteiger partial charge in [-0.1, -0.05) is 13.3 Å². The van der Waals surface area contributed by atoms with E-state index in [9.17, 15) is 9.59 Å². The van der Waals surface area contributed by atoms with E-state index in [0.29, 0.717) is 43.1 Å². The second kappa shape index (κ2) is 8.03. The molecule has 0 bridgehead atoms. The summed E-state index contributed by atoms with van der Waals surface area (Å²) < 4.78 is 5.13. The molecular formula is C19H24N4O3. The van der Waals surface area contributed by atoms with Crippen molar-refractivity contribution in [1.82, 2.24) is 20.4 Å². The van der Waals surface area contributed by atoms with Crippen LogP contribution in [-0.4, -0.2) is 47.1 Å². The van der Waals surface area contributed by atoms with Crippen molar-refractivity contribution in [3.8, 4) is 5.75 Å². The predicted octanol–water partition coefficient (Wildman–Crippen LogP) is 2.15. The van der Waals surface area contributed by atoms with Crippen LogP contribution in [0.1, 0.15) is 51.9 Å². The summed E-state index contributed by atoms with van der Waals surface area (Å²) in [5.41, 5.74) is 2.74. The zero-order chi connectivity index (χ0) is 18.5. The molecular weight excluding hydrogens is 332 g/mol. The minimum atomic E-state index is -0.185. The highest BCUT2D eigenvalue weighted by atomic mass is 16.5. The molecule has 0 atom stereocenters. The van der Waals surface area contributed by atoms with Crippen molar-refractivity contribution in [2.75, 3.05) is 20.2 Å². The van der Waals surface area contributed by atoms with Crippen LogP contribution in [0.5, 0.6) is 5.75 Å². The fourth-order valence-corrected chi connectivity index (χ4v) is 3.03. The molecule has 0 saturated carbocycles. The van der Waals surface area contributed by atoms with Gasteiger partial charge >= 0.3 is 0 Å². The van der Waals surface area contributed by atoms with Gasteiger partial charge in [0.1, 0.15) is 5.75 Å². The van der Waals surface area contributed by atoms with E-state index in [1.54, 1.807) is 36.3 Å². The Morgan fingerprint density at radius 1 is 1.31 bits per heavy atom. The van der Waals surface area contributed by atoms with E-state index in [4.69, 9.17) is 4.74 Å². The Balaban J connectivity index is 1.72. The molecule has 1 aromatic heterocycles.